The van der Waals surface area contributed by atoms with Gasteiger partial charge in [-0.1, -0.05) is 17.7 Å². The molecule has 0 aromatic heterocycles. The minimum atomic E-state index is -0.0445. The number of carbonyl (C=O) groups is 2. The molecule has 1 aromatic rings. The molecule has 0 radical (unpaired) electrons. The van der Waals surface area contributed by atoms with E-state index in [2.05, 4.69) is 0 Å². The summed E-state index contributed by atoms with van der Waals surface area (Å²) in [6.07, 6.45) is 0.351. The van der Waals surface area contributed by atoms with Crippen molar-refractivity contribution >= 4 is 35.0 Å². The summed E-state index contributed by atoms with van der Waals surface area (Å²) in [5, 5.41) is 0.548. The number of halogens is 2. The number of alkyl halides is 1. The van der Waals surface area contributed by atoms with E-state index in [0.29, 0.717) is 49.1 Å². The lowest BCUT2D eigenvalue weighted by Crippen LogP contribution is -2.50. The zero-order valence-electron chi connectivity index (χ0n) is 11.0. The number of benzene rings is 1. The van der Waals surface area contributed by atoms with Crippen LogP contribution in [0.5, 0.6) is 0 Å². The lowest BCUT2D eigenvalue weighted by Gasteiger charge is -2.34. The molecule has 1 aliphatic heterocycles. The van der Waals surface area contributed by atoms with Crippen molar-refractivity contribution in [1.29, 1.82) is 0 Å². The summed E-state index contributed by atoms with van der Waals surface area (Å²) >= 11 is 11.5. The smallest absolute Gasteiger partial charge is 0.254 e. The van der Waals surface area contributed by atoms with E-state index in [1.165, 1.54) is 0 Å². The van der Waals surface area contributed by atoms with Crippen LogP contribution in [0.3, 0.4) is 0 Å². The largest absolute Gasteiger partial charge is 0.339 e. The van der Waals surface area contributed by atoms with E-state index in [4.69, 9.17) is 23.2 Å². The first-order valence-corrected chi connectivity index (χ1v) is 7.41. The Morgan fingerprint density at radius 1 is 1.10 bits per heavy atom. The molecule has 1 aliphatic rings. The third kappa shape index (κ3) is 3.64. The van der Waals surface area contributed by atoms with Gasteiger partial charge in [-0.05, 0) is 18.2 Å². The predicted molar refractivity (Wildman–Crippen MR) is 79.3 cm³/mol. The van der Waals surface area contributed by atoms with Crippen molar-refractivity contribution in [2.75, 3.05) is 32.1 Å². The van der Waals surface area contributed by atoms with E-state index in [0.717, 1.165) is 0 Å². The van der Waals surface area contributed by atoms with E-state index in [1.807, 2.05) is 0 Å². The molecular formula is C14H16Cl2N2O2. The maximum Gasteiger partial charge on any atom is 0.254 e. The predicted octanol–water partition coefficient (Wildman–Crippen LogP) is 2.25. The Morgan fingerprint density at radius 2 is 1.75 bits per heavy atom. The normalized spacial score (nSPS) is 15.3. The fraction of sp³-hybridized carbons (Fsp3) is 0.429. The number of piperazine rings is 1. The van der Waals surface area contributed by atoms with Crippen LogP contribution in [0.25, 0.3) is 0 Å². The molecule has 1 fully saturated rings. The van der Waals surface area contributed by atoms with Crippen molar-refractivity contribution in [2.45, 2.75) is 6.42 Å². The van der Waals surface area contributed by atoms with Crippen molar-refractivity contribution in [3.05, 3.63) is 34.9 Å². The van der Waals surface area contributed by atoms with Gasteiger partial charge in [-0.15, -0.1) is 11.6 Å². The Bertz CT molecular complexity index is 500. The quantitative estimate of drug-likeness (QED) is 0.803. The molecule has 1 heterocycles. The van der Waals surface area contributed by atoms with E-state index in [9.17, 15) is 9.59 Å². The van der Waals surface area contributed by atoms with E-state index >= 15 is 0 Å². The minimum absolute atomic E-state index is 0.0445. The van der Waals surface area contributed by atoms with Gasteiger partial charge < -0.3 is 9.80 Å². The first-order valence-electron chi connectivity index (χ1n) is 6.50. The molecule has 1 aromatic carbocycles. The van der Waals surface area contributed by atoms with Crippen LogP contribution in [0.2, 0.25) is 5.02 Å². The molecule has 0 saturated carbocycles. The average molecular weight is 315 g/mol. The molecule has 0 unspecified atom stereocenters. The monoisotopic (exact) mass is 314 g/mol. The summed E-state index contributed by atoms with van der Waals surface area (Å²) in [4.78, 5) is 27.5. The van der Waals surface area contributed by atoms with Crippen LogP contribution < -0.4 is 0 Å². The molecule has 2 rings (SSSR count). The van der Waals surface area contributed by atoms with Gasteiger partial charge in [-0.3, -0.25) is 9.59 Å². The molecule has 0 bridgehead atoms. The highest BCUT2D eigenvalue weighted by molar-refractivity contribution is 6.30. The Balaban J connectivity index is 1.93. The first-order chi connectivity index (χ1) is 9.61. The summed E-state index contributed by atoms with van der Waals surface area (Å²) in [5.74, 6) is 0.340. The zero-order chi connectivity index (χ0) is 14.5. The van der Waals surface area contributed by atoms with Gasteiger partial charge in [0.05, 0.1) is 0 Å². The maximum atomic E-state index is 12.3. The Hall–Kier alpha value is -1.26. The SMILES string of the molecule is O=C(CCCl)N1CCN(C(=O)c2cccc(Cl)c2)CC1. The molecule has 0 atom stereocenters. The third-order valence-corrected chi connectivity index (χ3v) is 3.72. The summed E-state index contributed by atoms with van der Waals surface area (Å²) < 4.78 is 0. The third-order valence-electron chi connectivity index (χ3n) is 3.30. The fourth-order valence-electron chi connectivity index (χ4n) is 2.20. The van der Waals surface area contributed by atoms with Crippen molar-refractivity contribution in [1.82, 2.24) is 9.80 Å². The van der Waals surface area contributed by atoms with Crippen molar-refractivity contribution in [3.8, 4) is 0 Å². The Kier molecular flexibility index (Phi) is 5.26. The van der Waals surface area contributed by atoms with Crippen LogP contribution in [0.15, 0.2) is 24.3 Å². The first kappa shape index (κ1) is 15.1. The zero-order valence-corrected chi connectivity index (χ0v) is 12.5. The van der Waals surface area contributed by atoms with Gasteiger partial charge in [-0.2, -0.15) is 0 Å². The van der Waals surface area contributed by atoms with E-state index in [1.54, 1.807) is 34.1 Å². The number of hydrogen-bond acceptors (Lipinski definition) is 2. The molecule has 0 N–H and O–H groups in total. The van der Waals surface area contributed by atoms with Gasteiger partial charge in [0.2, 0.25) is 5.91 Å². The van der Waals surface area contributed by atoms with Gasteiger partial charge in [-0.25, -0.2) is 0 Å². The van der Waals surface area contributed by atoms with E-state index < -0.39 is 0 Å². The lowest BCUT2D eigenvalue weighted by molar-refractivity contribution is -0.132. The number of carbonyl (C=O) groups excluding carboxylic acids is 2. The van der Waals surface area contributed by atoms with Crippen molar-refractivity contribution in [3.63, 3.8) is 0 Å². The van der Waals surface area contributed by atoms with Crippen LogP contribution in [-0.4, -0.2) is 53.7 Å². The highest BCUT2D eigenvalue weighted by Crippen LogP contribution is 2.14. The van der Waals surface area contributed by atoms with Crippen LogP contribution in [-0.2, 0) is 4.79 Å². The van der Waals surface area contributed by atoms with Crippen molar-refractivity contribution in [2.24, 2.45) is 0 Å². The number of rotatable bonds is 3. The second-order valence-corrected chi connectivity index (χ2v) is 5.44. The molecule has 108 valence electrons. The summed E-state index contributed by atoms with van der Waals surface area (Å²) in [6.45, 7) is 2.20. The summed E-state index contributed by atoms with van der Waals surface area (Å²) in [5.41, 5.74) is 0.582. The summed E-state index contributed by atoms with van der Waals surface area (Å²) in [6, 6.07) is 6.91. The minimum Gasteiger partial charge on any atom is -0.339 e. The number of nitrogens with zero attached hydrogens (tertiary/aromatic N) is 2. The second kappa shape index (κ2) is 6.95. The fourth-order valence-corrected chi connectivity index (χ4v) is 2.55. The topological polar surface area (TPSA) is 40.6 Å². The van der Waals surface area contributed by atoms with Gasteiger partial charge in [0.25, 0.3) is 5.91 Å². The second-order valence-electron chi connectivity index (χ2n) is 4.62. The van der Waals surface area contributed by atoms with Crippen LogP contribution in [0, 0.1) is 0 Å². The number of hydrogen-bond donors (Lipinski definition) is 0. The van der Waals surface area contributed by atoms with Crippen molar-refractivity contribution < 1.29 is 9.59 Å². The highest BCUT2D eigenvalue weighted by atomic mass is 35.5. The molecule has 0 spiro atoms. The maximum absolute atomic E-state index is 12.3. The van der Waals surface area contributed by atoms with Crippen LogP contribution in [0.4, 0.5) is 0 Å². The van der Waals surface area contributed by atoms with Gasteiger partial charge in [0.1, 0.15) is 0 Å². The van der Waals surface area contributed by atoms with Crippen LogP contribution in [0.1, 0.15) is 16.8 Å². The van der Waals surface area contributed by atoms with Gasteiger partial charge >= 0.3 is 0 Å². The average Bonchev–Trinajstić information content (AvgIpc) is 2.47. The molecule has 1 saturated heterocycles. The van der Waals surface area contributed by atoms with Gasteiger partial charge in [0, 0.05) is 49.1 Å². The Labute approximate surface area is 128 Å². The number of amides is 2. The van der Waals surface area contributed by atoms with Gasteiger partial charge in [0.15, 0.2) is 0 Å². The summed E-state index contributed by atoms with van der Waals surface area (Å²) in [7, 11) is 0. The standard InChI is InChI=1S/C14H16Cl2N2O2/c15-5-4-13(19)17-6-8-18(9-7-17)14(20)11-2-1-3-12(16)10-11/h1-3,10H,4-9H2. The molecule has 0 aliphatic carbocycles. The molecule has 20 heavy (non-hydrogen) atoms. The Morgan fingerprint density at radius 3 is 2.35 bits per heavy atom. The lowest BCUT2D eigenvalue weighted by atomic mass is 10.2. The van der Waals surface area contributed by atoms with Crippen LogP contribution >= 0.6 is 23.2 Å². The molecule has 6 heteroatoms. The molecule has 2 amide bonds. The van der Waals surface area contributed by atoms with E-state index in [-0.39, 0.29) is 11.8 Å². The molecule has 4 nitrogen and oxygen atoms in total. The highest BCUT2D eigenvalue weighted by Gasteiger charge is 2.24. The molecular weight excluding hydrogens is 299 g/mol.